The van der Waals surface area contributed by atoms with E-state index in [4.69, 9.17) is 5.10 Å². The summed E-state index contributed by atoms with van der Waals surface area (Å²) in [6, 6.07) is 24.7. The van der Waals surface area contributed by atoms with E-state index in [0.29, 0.717) is 23.8 Å². The molecule has 0 bridgehead atoms. The fourth-order valence-electron chi connectivity index (χ4n) is 5.08. The van der Waals surface area contributed by atoms with Gasteiger partial charge in [0.25, 0.3) is 0 Å². The number of urea groups is 2. The summed E-state index contributed by atoms with van der Waals surface area (Å²) in [5.74, 6) is 0.314. The number of rotatable bonds is 5. The maximum absolute atomic E-state index is 14.2. The Hall–Kier alpha value is -3.78. The lowest BCUT2D eigenvalue weighted by molar-refractivity contribution is 0.207. The highest BCUT2D eigenvalue weighted by molar-refractivity contribution is 7.82. The molecule has 1 fully saturated rings. The van der Waals surface area contributed by atoms with E-state index in [9.17, 15) is 9.59 Å². The number of carbonyl (C=O) groups is 2. The Morgan fingerprint density at radius 1 is 0.973 bits per heavy atom. The normalized spacial score (nSPS) is 16.1. The number of nitrogens with one attached hydrogen (secondary N) is 1. The minimum absolute atomic E-state index is 0.219. The third kappa shape index (κ3) is 5.20. The van der Waals surface area contributed by atoms with Crippen LogP contribution in [0.3, 0.4) is 0 Å². The van der Waals surface area contributed by atoms with Crippen LogP contribution < -0.4 is 14.5 Å². The van der Waals surface area contributed by atoms with Gasteiger partial charge in [-0.15, -0.1) is 0 Å². The first-order chi connectivity index (χ1) is 18.1. The molecule has 2 aliphatic rings. The first kappa shape index (κ1) is 24.9. The average Bonchev–Trinajstić information content (AvgIpc) is 3.07. The van der Waals surface area contributed by atoms with Crippen LogP contribution in [0.25, 0.3) is 0 Å². The number of fused-ring (bicyclic) bond motifs is 1. The molecule has 3 aromatic carbocycles. The van der Waals surface area contributed by atoms with Gasteiger partial charge in [0.05, 0.1) is 29.3 Å². The summed E-state index contributed by atoms with van der Waals surface area (Å²) in [7, 11) is 1.55. The Morgan fingerprint density at radius 3 is 2.35 bits per heavy atom. The van der Waals surface area contributed by atoms with E-state index >= 15 is 0 Å². The topological polar surface area (TPSA) is 68.2 Å². The average molecular weight is 514 g/mol. The van der Waals surface area contributed by atoms with Crippen LogP contribution in [-0.2, 0) is 6.54 Å². The van der Waals surface area contributed by atoms with E-state index < -0.39 is 0 Å². The van der Waals surface area contributed by atoms with E-state index in [1.54, 1.807) is 29.1 Å². The van der Waals surface area contributed by atoms with Gasteiger partial charge in [0.1, 0.15) is 0 Å². The zero-order valence-corrected chi connectivity index (χ0v) is 21.8. The molecule has 0 atom stereocenters. The molecule has 190 valence electrons. The van der Waals surface area contributed by atoms with Crippen LogP contribution in [0.15, 0.2) is 84.0 Å². The standard InChI is InChI=1S/C29H31N5O2S/c1-30-28(35)34(37)24-18-16-23(17-19-24)33-26-15-9-8-14-25(26)27(22-12-6-3-7-13-22)31-32(29(33)36)20-21-10-4-2-5-11-21/h2,4-5,8-11,14-19,22,37H,3,6-7,12-13,20H2,1H3,(H,30,35). The van der Waals surface area contributed by atoms with E-state index in [0.717, 1.165) is 35.4 Å². The molecule has 0 aromatic heterocycles. The van der Waals surface area contributed by atoms with E-state index in [1.165, 1.54) is 23.6 Å². The summed E-state index contributed by atoms with van der Waals surface area (Å²) < 4.78 is 1.23. The molecular formula is C29H31N5O2S. The van der Waals surface area contributed by atoms with Gasteiger partial charge in [0.15, 0.2) is 0 Å². The van der Waals surface area contributed by atoms with E-state index in [-0.39, 0.29) is 12.1 Å². The molecule has 1 saturated carbocycles. The van der Waals surface area contributed by atoms with Crippen LogP contribution in [0.4, 0.5) is 26.7 Å². The smallest absolute Gasteiger partial charge is 0.340 e. The monoisotopic (exact) mass is 513 g/mol. The minimum atomic E-state index is -0.341. The molecular weight excluding hydrogens is 482 g/mol. The Bertz CT molecular complexity index is 1290. The SMILES string of the molecule is CNC(=O)N(S)c1ccc(N2C(=O)N(Cc3ccccc3)N=C(C3CCCCC3)c3ccccc32)cc1. The van der Waals surface area contributed by atoms with Crippen LogP contribution in [0.2, 0.25) is 0 Å². The molecule has 1 aliphatic carbocycles. The van der Waals surface area contributed by atoms with Gasteiger partial charge >= 0.3 is 12.1 Å². The van der Waals surface area contributed by atoms with E-state index in [1.807, 2.05) is 60.7 Å². The molecule has 1 aliphatic heterocycles. The Kier molecular flexibility index (Phi) is 7.46. The molecule has 1 N–H and O–H groups in total. The predicted molar refractivity (Wildman–Crippen MR) is 151 cm³/mol. The van der Waals surface area contributed by atoms with Crippen molar-refractivity contribution in [2.24, 2.45) is 11.0 Å². The number of hydrogen-bond donors (Lipinski definition) is 2. The van der Waals surface area contributed by atoms with Crippen molar-refractivity contribution in [1.82, 2.24) is 10.3 Å². The summed E-state index contributed by atoms with van der Waals surface area (Å²) in [5.41, 5.74) is 5.10. The lowest BCUT2D eigenvalue weighted by Gasteiger charge is -2.27. The fourth-order valence-corrected chi connectivity index (χ4v) is 5.32. The molecule has 0 spiro atoms. The lowest BCUT2D eigenvalue weighted by Crippen LogP contribution is -2.37. The maximum Gasteiger partial charge on any atom is 0.349 e. The van der Waals surface area contributed by atoms with Gasteiger partial charge in [0, 0.05) is 18.5 Å². The Morgan fingerprint density at radius 2 is 1.65 bits per heavy atom. The number of benzene rings is 3. The van der Waals surface area contributed by atoms with Crippen molar-refractivity contribution in [2.45, 2.75) is 38.6 Å². The number of carbonyl (C=O) groups excluding carboxylic acids is 2. The highest BCUT2D eigenvalue weighted by atomic mass is 32.1. The Labute approximate surface area is 223 Å². The van der Waals surface area contributed by atoms with Crippen molar-refractivity contribution >= 4 is 47.7 Å². The van der Waals surface area contributed by atoms with Gasteiger partial charge in [-0.25, -0.2) is 18.9 Å². The summed E-state index contributed by atoms with van der Waals surface area (Å²) in [4.78, 5) is 27.9. The number of para-hydroxylation sites is 1. The zero-order valence-electron chi connectivity index (χ0n) is 20.9. The van der Waals surface area contributed by atoms with Crippen LogP contribution in [0.5, 0.6) is 0 Å². The van der Waals surface area contributed by atoms with Crippen LogP contribution in [0.1, 0.15) is 43.2 Å². The number of thiol groups is 1. The largest absolute Gasteiger partial charge is 0.349 e. The molecule has 1 heterocycles. The lowest BCUT2D eigenvalue weighted by atomic mass is 9.83. The predicted octanol–water partition coefficient (Wildman–Crippen LogP) is 6.74. The maximum atomic E-state index is 14.2. The number of hydrogen-bond acceptors (Lipinski definition) is 4. The molecule has 0 unspecified atom stereocenters. The second kappa shape index (κ2) is 11.1. The third-order valence-electron chi connectivity index (χ3n) is 6.99. The molecule has 3 aromatic rings. The number of amides is 4. The summed E-state index contributed by atoms with van der Waals surface area (Å²) in [5, 5.41) is 9.22. The number of anilines is 3. The van der Waals surface area contributed by atoms with Crippen molar-refractivity contribution in [3.05, 3.63) is 90.0 Å². The highest BCUT2D eigenvalue weighted by Crippen LogP contribution is 2.38. The molecule has 8 heteroatoms. The van der Waals surface area contributed by atoms with Gasteiger partial charge < -0.3 is 5.32 Å². The second-order valence-electron chi connectivity index (χ2n) is 9.38. The summed E-state index contributed by atoms with van der Waals surface area (Å²) in [6.07, 6.45) is 5.75. The van der Waals surface area contributed by atoms with Gasteiger partial charge in [-0.1, -0.05) is 80.6 Å². The number of hydrazone groups is 1. The summed E-state index contributed by atoms with van der Waals surface area (Å²) in [6.45, 7) is 0.375. The summed E-state index contributed by atoms with van der Waals surface area (Å²) >= 11 is 4.29. The quantitative estimate of drug-likeness (QED) is 0.371. The molecule has 7 nitrogen and oxygen atoms in total. The van der Waals surface area contributed by atoms with Crippen molar-refractivity contribution in [1.29, 1.82) is 0 Å². The van der Waals surface area contributed by atoms with Crippen LogP contribution >= 0.6 is 12.8 Å². The van der Waals surface area contributed by atoms with Crippen molar-refractivity contribution < 1.29 is 9.59 Å². The van der Waals surface area contributed by atoms with Gasteiger partial charge in [-0.2, -0.15) is 5.10 Å². The number of nitrogens with zero attached hydrogens (tertiary/aromatic N) is 4. The second-order valence-corrected chi connectivity index (χ2v) is 9.78. The molecule has 5 rings (SSSR count). The van der Waals surface area contributed by atoms with E-state index in [2.05, 4.69) is 24.2 Å². The molecule has 37 heavy (non-hydrogen) atoms. The minimum Gasteiger partial charge on any atom is -0.340 e. The first-order valence-electron chi connectivity index (χ1n) is 12.7. The fraction of sp³-hybridized carbons (Fsp3) is 0.276. The van der Waals surface area contributed by atoms with Crippen molar-refractivity contribution in [3.63, 3.8) is 0 Å². The third-order valence-corrected chi connectivity index (χ3v) is 7.40. The first-order valence-corrected chi connectivity index (χ1v) is 13.1. The van der Waals surface area contributed by atoms with Gasteiger partial charge in [-0.05, 0) is 48.7 Å². The zero-order chi connectivity index (χ0) is 25.8. The highest BCUT2D eigenvalue weighted by Gasteiger charge is 2.34. The van der Waals surface area contributed by atoms with Crippen molar-refractivity contribution in [2.75, 3.05) is 16.3 Å². The van der Waals surface area contributed by atoms with Gasteiger partial charge in [0.2, 0.25) is 0 Å². The molecule has 4 amide bonds. The van der Waals surface area contributed by atoms with Crippen LogP contribution in [0, 0.1) is 5.92 Å². The van der Waals surface area contributed by atoms with Crippen molar-refractivity contribution in [3.8, 4) is 0 Å². The molecule has 0 radical (unpaired) electrons. The Balaban J connectivity index is 1.59. The molecule has 0 saturated heterocycles. The van der Waals surface area contributed by atoms with Gasteiger partial charge in [-0.3, -0.25) is 4.90 Å². The van der Waals surface area contributed by atoms with Crippen LogP contribution in [-0.4, -0.2) is 29.8 Å².